The van der Waals surface area contributed by atoms with E-state index >= 15 is 0 Å². The summed E-state index contributed by atoms with van der Waals surface area (Å²) in [5.41, 5.74) is 1.17. The van der Waals surface area contributed by atoms with Gasteiger partial charge in [-0.15, -0.1) is 10.2 Å². The Morgan fingerprint density at radius 1 is 1.24 bits per heavy atom. The Morgan fingerprint density at radius 3 is 2.67 bits per heavy atom. The van der Waals surface area contributed by atoms with Gasteiger partial charge in [0.25, 0.3) is 0 Å². The minimum Gasteiger partial charge on any atom is -0.497 e. The van der Waals surface area contributed by atoms with Crippen LogP contribution in [0.2, 0.25) is 5.15 Å². The van der Waals surface area contributed by atoms with Crippen molar-refractivity contribution in [3.8, 4) is 5.75 Å². The van der Waals surface area contributed by atoms with Crippen LogP contribution in [-0.4, -0.2) is 42.8 Å². The summed E-state index contributed by atoms with van der Waals surface area (Å²) in [5, 5.41) is 11.5. The molecule has 2 rings (SSSR count). The zero-order valence-corrected chi connectivity index (χ0v) is 13.1. The Hall–Kier alpha value is -1.85. The first-order valence-electron chi connectivity index (χ1n) is 6.63. The molecule has 0 spiro atoms. The standard InChI is InChI=1S/C15H19ClN4O/c1-20(2)13(11-5-4-6-12(9-11)21-3)10-17-15-8-7-14(16)18-19-15/h4-9,13H,10H2,1-3H3,(H,17,19). The number of aromatic nitrogens is 2. The molecule has 1 aromatic carbocycles. The summed E-state index contributed by atoms with van der Waals surface area (Å²) in [6.45, 7) is 0.705. The maximum Gasteiger partial charge on any atom is 0.151 e. The average Bonchev–Trinajstić information content (AvgIpc) is 2.49. The van der Waals surface area contributed by atoms with Gasteiger partial charge in [-0.25, -0.2) is 0 Å². The van der Waals surface area contributed by atoms with Crippen molar-refractivity contribution in [1.82, 2.24) is 15.1 Å². The van der Waals surface area contributed by atoms with Crippen molar-refractivity contribution < 1.29 is 4.74 Å². The molecule has 0 fully saturated rings. The Balaban J connectivity index is 2.10. The molecular formula is C15H19ClN4O. The first-order chi connectivity index (χ1) is 10.1. The highest BCUT2D eigenvalue weighted by molar-refractivity contribution is 6.29. The third-order valence-corrected chi connectivity index (χ3v) is 3.41. The average molecular weight is 307 g/mol. The number of halogens is 1. The second-order valence-electron chi connectivity index (χ2n) is 4.88. The SMILES string of the molecule is COc1cccc(C(CNc2ccc(Cl)nn2)N(C)C)c1. The molecule has 1 heterocycles. The van der Waals surface area contributed by atoms with Gasteiger partial charge in [0.1, 0.15) is 11.6 Å². The van der Waals surface area contributed by atoms with Gasteiger partial charge in [0.15, 0.2) is 5.15 Å². The van der Waals surface area contributed by atoms with Crippen LogP contribution >= 0.6 is 11.6 Å². The van der Waals surface area contributed by atoms with Gasteiger partial charge >= 0.3 is 0 Å². The molecule has 0 aliphatic rings. The highest BCUT2D eigenvalue weighted by atomic mass is 35.5. The molecule has 0 aliphatic carbocycles. The highest BCUT2D eigenvalue weighted by Crippen LogP contribution is 2.23. The molecule has 1 unspecified atom stereocenters. The summed E-state index contributed by atoms with van der Waals surface area (Å²) in [5.74, 6) is 1.56. The second kappa shape index (κ2) is 7.24. The van der Waals surface area contributed by atoms with E-state index in [9.17, 15) is 0 Å². The highest BCUT2D eigenvalue weighted by Gasteiger charge is 2.14. The second-order valence-corrected chi connectivity index (χ2v) is 5.27. The summed E-state index contributed by atoms with van der Waals surface area (Å²) in [6, 6.07) is 11.8. The molecule has 21 heavy (non-hydrogen) atoms. The van der Waals surface area contributed by atoms with Crippen molar-refractivity contribution in [2.45, 2.75) is 6.04 Å². The minimum atomic E-state index is 0.192. The van der Waals surface area contributed by atoms with Crippen LogP contribution in [0.4, 0.5) is 5.82 Å². The summed E-state index contributed by atoms with van der Waals surface area (Å²) in [4.78, 5) is 2.14. The number of hydrogen-bond donors (Lipinski definition) is 1. The van der Waals surface area contributed by atoms with Gasteiger partial charge in [-0.2, -0.15) is 0 Å². The van der Waals surface area contributed by atoms with Crippen molar-refractivity contribution in [1.29, 1.82) is 0 Å². The van der Waals surface area contributed by atoms with Gasteiger partial charge < -0.3 is 15.0 Å². The smallest absolute Gasteiger partial charge is 0.151 e. The molecule has 1 atom stereocenters. The molecule has 112 valence electrons. The Bertz CT molecular complexity index is 574. The number of rotatable bonds is 6. The van der Waals surface area contributed by atoms with Gasteiger partial charge in [0.05, 0.1) is 13.2 Å². The molecule has 1 N–H and O–H groups in total. The van der Waals surface area contributed by atoms with Crippen LogP contribution in [0.25, 0.3) is 0 Å². The lowest BCUT2D eigenvalue weighted by Crippen LogP contribution is -2.27. The fourth-order valence-corrected chi connectivity index (χ4v) is 2.16. The van der Waals surface area contributed by atoms with Gasteiger partial charge in [-0.3, -0.25) is 0 Å². The van der Waals surface area contributed by atoms with Crippen molar-refractivity contribution >= 4 is 17.4 Å². The first-order valence-corrected chi connectivity index (χ1v) is 7.01. The zero-order chi connectivity index (χ0) is 15.2. The monoisotopic (exact) mass is 306 g/mol. The Labute approximate surface area is 129 Å². The molecule has 6 heteroatoms. The van der Waals surface area contributed by atoms with E-state index in [-0.39, 0.29) is 6.04 Å². The van der Waals surface area contributed by atoms with Crippen molar-refractivity contribution in [3.05, 3.63) is 47.1 Å². The largest absolute Gasteiger partial charge is 0.497 e. The van der Waals surface area contributed by atoms with E-state index in [2.05, 4.69) is 26.5 Å². The lowest BCUT2D eigenvalue weighted by Gasteiger charge is -2.25. The quantitative estimate of drug-likeness (QED) is 0.889. The number of likely N-dealkylation sites (N-methyl/N-ethyl adjacent to an activating group) is 1. The molecule has 0 amide bonds. The predicted molar refractivity (Wildman–Crippen MR) is 85.0 cm³/mol. The van der Waals surface area contributed by atoms with Crippen molar-refractivity contribution in [2.75, 3.05) is 33.1 Å². The predicted octanol–water partition coefficient (Wildman–Crippen LogP) is 2.85. The van der Waals surface area contributed by atoms with Crippen LogP contribution in [0.5, 0.6) is 5.75 Å². The van der Waals surface area contributed by atoms with E-state index in [0.717, 1.165) is 5.75 Å². The molecule has 0 saturated heterocycles. The van der Waals surface area contributed by atoms with Crippen LogP contribution in [-0.2, 0) is 0 Å². The fourth-order valence-electron chi connectivity index (χ4n) is 2.06. The van der Waals surface area contributed by atoms with E-state index in [0.29, 0.717) is 17.5 Å². The van der Waals surface area contributed by atoms with Crippen molar-refractivity contribution in [2.24, 2.45) is 0 Å². The molecule has 2 aromatic rings. The normalized spacial score (nSPS) is 12.2. The van der Waals surface area contributed by atoms with E-state index in [1.807, 2.05) is 38.4 Å². The van der Waals surface area contributed by atoms with Crippen LogP contribution in [0.3, 0.4) is 0 Å². The van der Waals surface area contributed by atoms with Gasteiger partial charge in [-0.05, 0) is 43.9 Å². The summed E-state index contributed by atoms with van der Waals surface area (Å²) < 4.78 is 5.28. The fraction of sp³-hybridized carbons (Fsp3) is 0.333. The van der Waals surface area contributed by atoms with E-state index < -0.39 is 0 Å². The number of benzene rings is 1. The third kappa shape index (κ3) is 4.31. The number of hydrogen-bond acceptors (Lipinski definition) is 5. The number of nitrogens with zero attached hydrogens (tertiary/aromatic N) is 3. The van der Waals surface area contributed by atoms with Crippen LogP contribution in [0.15, 0.2) is 36.4 Å². The molecule has 0 radical (unpaired) electrons. The molecular weight excluding hydrogens is 288 g/mol. The summed E-state index contributed by atoms with van der Waals surface area (Å²) in [6.07, 6.45) is 0. The van der Waals surface area contributed by atoms with E-state index in [1.54, 1.807) is 13.2 Å². The van der Waals surface area contributed by atoms with Gasteiger partial charge in [0, 0.05) is 6.54 Å². The van der Waals surface area contributed by atoms with Gasteiger partial charge in [0.2, 0.25) is 0 Å². The molecule has 1 aromatic heterocycles. The van der Waals surface area contributed by atoms with Crippen molar-refractivity contribution in [3.63, 3.8) is 0 Å². The third-order valence-electron chi connectivity index (χ3n) is 3.21. The molecule has 0 bridgehead atoms. The zero-order valence-electron chi connectivity index (χ0n) is 12.4. The number of ether oxygens (including phenoxy) is 1. The van der Waals surface area contributed by atoms with Crippen LogP contribution < -0.4 is 10.1 Å². The molecule has 0 saturated carbocycles. The van der Waals surface area contributed by atoms with Crippen LogP contribution in [0, 0.1) is 0 Å². The Morgan fingerprint density at radius 2 is 2.05 bits per heavy atom. The lowest BCUT2D eigenvalue weighted by atomic mass is 10.1. The first kappa shape index (κ1) is 15.5. The minimum absolute atomic E-state index is 0.192. The van der Waals surface area contributed by atoms with Gasteiger partial charge in [-0.1, -0.05) is 23.7 Å². The number of nitrogens with one attached hydrogen (secondary N) is 1. The topological polar surface area (TPSA) is 50.3 Å². The van der Waals surface area contributed by atoms with E-state index in [1.165, 1.54) is 5.56 Å². The Kier molecular flexibility index (Phi) is 5.36. The van der Waals surface area contributed by atoms with Crippen LogP contribution in [0.1, 0.15) is 11.6 Å². The number of anilines is 1. The summed E-state index contributed by atoms with van der Waals surface area (Å²) >= 11 is 5.73. The maximum atomic E-state index is 5.73. The molecule has 5 nitrogen and oxygen atoms in total. The molecule has 0 aliphatic heterocycles. The number of methoxy groups -OCH3 is 1. The maximum absolute atomic E-state index is 5.73. The summed E-state index contributed by atoms with van der Waals surface area (Å²) in [7, 11) is 5.75. The lowest BCUT2D eigenvalue weighted by molar-refractivity contribution is 0.310. The van der Waals surface area contributed by atoms with E-state index in [4.69, 9.17) is 16.3 Å².